The topological polar surface area (TPSA) is 92.2 Å². The van der Waals surface area contributed by atoms with Crippen molar-refractivity contribution in [1.29, 1.82) is 0 Å². The van der Waals surface area contributed by atoms with Crippen molar-refractivity contribution in [3.8, 4) is 0 Å². The average molecular weight is 373 g/mol. The summed E-state index contributed by atoms with van der Waals surface area (Å²) >= 11 is 0. The Hall–Kier alpha value is 1.12. The monoisotopic (exact) mass is 371 g/mol. The molecule has 8 heteroatoms. The van der Waals surface area contributed by atoms with Crippen LogP contribution in [0.1, 0.15) is 27.7 Å². The van der Waals surface area contributed by atoms with Crippen LogP contribution in [0, 0.1) is 10.2 Å². The maximum atomic E-state index is 8.49. The molecule has 0 saturated heterocycles. The van der Waals surface area contributed by atoms with Crippen LogP contribution in [0.25, 0.3) is 0 Å². The van der Waals surface area contributed by atoms with Crippen LogP contribution in [0.15, 0.2) is 0 Å². The number of hydrogen-bond donors (Lipinski definition) is 0. The zero-order valence-electron chi connectivity index (χ0n) is 9.97. The summed E-state index contributed by atoms with van der Waals surface area (Å²) in [6, 6.07) is 0. The van der Waals surface area contributed by atoms with E-state index in [9.17, 15) is 0 Å². The van der Waals surface area contributed by atoms with E-state index in [1.807, 2.05) is 0 Å². The second kappa shape index (κ2) is 12.6. The van der Waals surface area contributed by atoms with Crippen LogP contribution in [0.5, 0.6) is 0 Å². The molecule has 0 fully saturated rings. The van der Waals surface area contributed by atoms with Gasteiger partial charge in [-0.1, -0.05) is 0 Å². The molecule has 106 valence electrons. The summed E-state index contributed by atoms with van der Waals surface area (Å²) < 4.78 is 35.2. The van der Waals surface area contributed by atoms with Crippen molar-refractivity contribution in [1.82, 2.24) is 0 Å². The van der Waals surface area contributed by atoms with Gasteiger partial charge in [0.2, 0.25) is 0 Å². The summed E-state index contributed by atoms with van der Waals surface area (Å²) in [6.45, 7) is 14.2. The van der Waals surface area contributed by atoms with Gasteiger partial charge in [-0.15, -0.1) is 10.2 Å². The van der Waals surface area contributed by atoms with Gasteiger partial charge >= 0.3 is 22.4 Å². The Labute approximate surface area is 122 Å². The fourth-order valence-electron chi connectivity index (χ4n) is 1.34. The Morgan fingerprint density at radius 3 is 0.875 bits per heavy atom. The van der Waals surface area contributed by atoms with E-state index in [0.717, 1.165) is 0 Å². The predicted octanol–water partition coefficient (Wildman–Crippen LogP) is -5.87. The van der Waals surface area contributed by atoms with Gasteiger partial charge in [0.25, 0.3) is 0 Å². The van der Waals surface area contributed by atoms with Crippen molar-refractivity contribution in [3.05, 3.63) is 0 Å². The number of quaternary nitrogens is 1. The minimum atomic E-state index is -4.94. The van der Waals surface area contributed by atoms with Crippen LogP contribution < -0.4 is 31.0 Å². The second-order valence-corrected chi connectivity index (χ2v) is 3.74. The smallest absolute Gasteiger partial charge is 1.00 e. The summed E-state index contributed by atoms with van der Waals surface area (Å²) in [5.41, 5.74) is 0. The molecule has 0 aromatic heterocycles. The summed E-state index contributed by atoms with van der Waals surface area (Å²) in [5, 5.41) is 0. The molecule has 0 N–H and O–H groups in total. The van der Waals surface area contributed by atoms with Gasteiger partial charge in [-0.05, 0) is 27.7 Å². The third-order valence-electron chi connectivity index (χ3n) is 2.68. The fourth-order valence-corrected chi connectivity index (χ4v) is 1.34. The summed E-state index contributed by atoms with van der Waals surface area (Å²) in [6.07, 6.45) is 0. The minimum absolute atomic E-state index is 0. The Morgan fingerprint density at radius 1 is 0.750 bits per heavy atom. The number of hydrogen-bond acceptors (Lipinski definition) is 4. The van der Waals surface area contributed by atoms with E-state index in [0.29, 0.717) is 0 Å². The van der Waals surface area contributed by atoms with Gasteiger partial charge < -0.3 is 16.9 Å². The Kier molecular flexibility index (Phi) is 20.3. The number of nitrogens with zero attached hydrogens (tertiary/aromatic N) is 1. The van der Waals surface area contributed by atoms with Crippen LogP contribution in [0.2, 0.25) is 0 Å². The molecular formula is C8H20AgCl2NO4. The molecule has 0 rings (SSSR count). The first kappa shape index (κ1) is 25.8. The first-order chi connectivity index (χ1) is 6.24. The van der Waals surface area contributed by atoms with Gasteiger partial charge in [0.15, 0.2) is 0 Å². The zero-order valence-corrected chi connectivity index (χ0v) is 13.0. The summed E-state index contributed by atoms with van der Waals surface area (Å²) in [4.78, 5) is 0. The van der Waals surface area contributed by atoms with Crippen LogP contribution in [0.3, 0.4) is 0 Å². The molecule has 0 amide bonds. The van der Waals surface area contributed by atoms with Gasteiger partial charge in [-0.2, -0.15) is 0 Å². The number of halogens is 2. The molecular weight excluding hydrogens is 353 g/mol. The molecule has 0 aromatic rings. The molecule has 0 aliphatic heterocycles. The first-order valence-electron chi connectivity index (χ1n) is 4.71. The van der Waals surface area contributed by atoms with Gasteiger partial charge in [-0.3, -0.25) is 0 Å². The van der Waals surface area contributed by atoms with E-state index < -0.39 is 10.2 Å². The second-order valence-electron chi connectivity index (χ2n) is 2.98. The van der Waals surface area contributed by atoms with Crippen molar-refractivity contribution in [2.45, 2.75) is 27.7 Å². The van der Waals surface area contributed by atoms with Crippen molar-refractivity contribution >= 4 is 0 Å². The van der Waals surface area contributed by atoms with Crippen LogP contribution in [-0.2, 0) is 22.4 Å². The van der Waals surface area contributed by atoms with Crippen molar-refractivity contribution in [2.24, 2.45) is 0 Å². The zero-order chi connectivity index (χ0) is 11.8. The van der Waals surface area contributed by atoms with Gasteiger partial charge in [-0.25, -0.2) is 18.6 Å². The Morgan fingerprint density at radius 2 is 0.875 bits per heavy atom. The molecule has 0 spiro atoms. The molecule has 0 aromatic carbocycles. The van der Waals surface area contributed by atoms with E-state index in [-0.39, 0.29) is 34.8 Å². The fraction of sp³-hybridized carbons (Fsp3) is 1.00. The van der Waals surface area contributed by atoms with Crippen molar-refractivity contribution in [2.75, 3.05) is 26.2 Å². The predicted molar refractivity (Wildman–Crippen MR) is 42.4 cm³/mol. The van der Waals surface area contributed by atoms with E-state index in [1.54, 1.807) is 0 Å². The van der Waals surface area contributed by atoms with E-state index in [4.69, 9.17) is 18.6 Å². The van der Waals surface area contributed by atoms with Gasteiger partial charge in [0, 0.05) is 0 Å². The normalized spacial score (nSPS) is 10.5. The summed E-state index contributed by atoms with van der Waals surface area (Å²) in [5.74, 6) is 0. The Bertz CT molecular complexity index is 119. The molecule has 0 aliphatic rings. The van der Waals surface area contributed by atoms with E-state index in [2.05, 4.69) is 27.7 Å². The molecule has 0 saturated carbocycles. The third kappa shape index (κ3) is 17.5. The average Bonchev–Trinajstić information content (AvgIpc) is 2.07. The molecule has 0 atom stereocenters. The molecule has 0 radical (unpaired) electrons. The minimum Gasteiger partial charge on any atom is -1.00 e. The number of rotatable bonds is 4. The molecule has 16 heavy (non-hydrogen) atoms. The molecule has 0 aliphatic carbocycles. The largest absolute Gasteiger partial charge is 1.00 e. The molecule has 0 bridgehead atoms. The maximum absolute atomic E-state index is 8.49. The quantitative estimate of drug-likeness (QED) is 0.363. The molecule has 0 heterocycles. The third-order valence-corrected chi connectivity index (χ3v) is 2.68. The van der Waals surface area contributed by atoms with E-state index in [1.165, 1.54) is 30.7 Å². The Balaban J connectivity index is -0.0000000904. The van der Waals surface area contributed by atoms with E-state index >= 15 is 0 Å². The SMILES string of the molecule is CC[N+](CC)(CC)CC.[Ag+].[Cl-].[O-][Cl+3]([O-])([O-])[O-]. The van der Waals surface area contributed by atoms with Crippen LogP contribution in [0.4, 0.5) is 0 Å². The van der Waals surface area contributed by atoms with Crippen molar-refractivity contribution < 1.29 is 68.1 Å². The van der Waals surface area contributed by atoms with Gasteiger partial charge in [0.1, 0.15) is 0 Å². The summed E-state index contributed by atoms with van der Waals surface area (Å²) in [7, 11) is -4.94. The maximum Gasteiger partial charge on any atom is 1.00 e. The standard InChI is InChI=1S/C8H20N.Ag.ClHO4.ClH/c1-5-9(6-2,7-3)8-4;;2-1(3,4)5;/h5-8H2,1-4H3;;(H,2,3,4,5);1H/q2*+1;;/p-2. The first-order valence-corrected chi connectivity index (χ1v) is 5.94. The van der Waals surface area contributed by atoms with Crippen molar-refractivity contribution in [3.63, 3.8) is 0 Å². The molecule has 5 nitrogen and oxygen atoms in total. The molecule has 0 unspecified atom stereocenters. The van der Waals surface area contributed by atoms with Gasteiger partial charge in [0.05, 0.1) is 26.2 Å². The van der Waals surface area contributed by atoms with Crippen LogP contribution >= 0.6 is 0 Å². The van der Waals surface area contributed by atoms with Crippen LogP contribution in [-0.4, -0.2) is 30.7 Å².